The summed E-state index contributed by atoms with van der Waals surface area (Å²) < 4.78 is 0. The molecule has 11 heavy (non-hydrogen) atoms. The highest BCUT2D eigenvalue weighted by Gasteiger charge is 1.79. The first-order chi connectivity index (χ1) is 5.43. The lowest BCUT2D eigenvalue weighted by Gasteiger charge is -1.79. The molecule has 2 heteroatoms. The number of carbonyl (C=O) groups is 1. The molecule has 0 spiro atoms. The summed E-state index contributed by atoms with van der Waals surface area (Å²) in [7, 11) is 0. The van der Waals surface area contributed by atoms with Crippen LogP contribution in [0.15, 0.2) is 36.6 Å². The third kappa shape index (κ3) is 2.67. The van der Waals surface area contributed by atoms with E-state index in [0.717, 1.165) is 12.0 Å². The van der Waals surface area contributed by atoms with Crippen LogP contribution in [0.1, 0.15) is 5.69 Å². The van der Waals surface area contributed by atoms with Crippen molar-refractivity contribution in [3.8, 4) is 0 Å². The summed E-state index contributed by atoms with van der Waals surface area (Å²) in [6.45, 7) is 0. The average molecular weight is 147 g/mol. The van der Waals surface area contributed by atoms with Gasteiger partial charge in [0.15, 0.2) is 0 Å². The molecule has 1 aromatic rings. The number of carbonyl (C=O) groups excluding carboxylic acids is 1. The summed E-state index contributed by atoms with van der Waals surface area (Å²) in [5.41, 5.74) is 1.03. The summed E-state index contributed by atoms with van der Waals surface area (Å²) in [5.74, 6) is 0. The molecule has 0 aliphatic carbocycles. The van der Waals surface area contributed by atoms with Crippen molar-refractivity contribution < 1.29 is 4.79 Å². The molecule has 0 radical (unpaired) electrons. The van der Waals surface area contributed by atoms with Crippen LogP contribution in [0, 0.1) is 0 Å². The standard InChI is InChI=1S/C9H9NO/c11-8-3-1-2-5-9-6-4-7-10-9/h1-8,10H/b3-1+,5-2+. The molecule has 1 N–H and O–H groups in total. The second-order valence-corrected chi connectivity index (χ2v) is 2.01. The minimum absolute atomic E-state index is 0.749. The van der Waals surface area contributed by atoms with E-state index < -0.39 is 0 Å². The number of nitrogens with one attached hydrogen (secondary N) is 1. The second-order valence-electron chi connectivity index (χ2n) is 2.01. The lowest BCUT2D eigenvalue weighted by atomic mass is 10.3. The number of hydrogen-bond donors (Lipinski definition) is 1. The minimum Gasteiger partial charge on any atom is -0.362 e. The van der Waals surface area contributed by atoms with Crippen molar-refractivity contribution in [2.45, 2.75) is 0 Å². The Labute approximate surface area is 65.2 Å². The van der Waals surface area contributed by atoms with Gasteiger partial charge in [0.1, 0.15) is 6.29 Å². The highest BCUT2D eigenvalue weighted by atomic mass is 16.1. The second kappa shape index (κ2) is 4.28. The summed E-state index contributed by atoms with van der Waals surface area (Å²) >= 11 is 0. The SMILES string of the molecule is O=C/C=C/C=C/c1ccc[nH]1. The van der Waals surface area contributed by atoms with Crippen LogP contribution >= 0.6 is 0 Å². The Morgan fingerprint density at radius 1 is 1.27 bits per heavy atom. The first-order valence-electron chi connectivity index (χ1n) is 3.35. The van der Waals surface area contributed by atoms with Gasteiger partial charge < -0.3 is 4.98 Å². The van der Waals surface area contributed by atoms with Crippen LogP contribution in [-0.2, 0) is 4.79 Å². The first kappa shape index (κ1) is 7.54. The van der Waals surface area contributed by atoms with Crippen molar-refractivity contribution in [3.05, 3.63) is 42.3 Å². The Morgan fingerprint density at radius 3 is 2.82 bits per heavy atom. The van der Waals surface area contributed by atoms with Crippen molar-refractivity contribution in [2.75, 3.05) is 0 Å². The zero-order valence-electron chi connectivity index (χ0n) is 6.03. The highest BCUT2D eigenvalue weighted by Crippen LogP contribution is 1.96. The maximum Gasteiger partial charge on any atom is 0.142 e. The molecule has 0 bridgehead atoms. The molecule has 0 amide bonds. The van der Waals surface area contributed by atoms with E-state index >= 15 is 0 Å². The number of H-pyrrole nitrogens is 1. The van der Waals surface area contributed by atoms with Crippen molar-refractivity contribution in [1.82, 2.24) is 4.98 Å². The van der Waals surface area contributed by atoms with Gasteiger partial charge in [-0.1, -0.05) is 12.2 Å². The molecule has 0 fully saturated rings. The van der Waals surface area contributed by atoms with Crippen LogP contribution in [0.5, 0.6) is 0 Å². The van der Waals surface area contributed by atoms with Gasteiger partial charge in [0.05, 0.1) is 0 Å². The molecular formula is C9H9NO. The molecule has 0 aromatic carbocycles. The maximum atomic E-state index is 9.84. The van der Waals surface area contributed by atoms with Crippen LogP contribution in [0.4, 0.5) is 0 Å². The largest absolute Gasteiger partial charge is 0.362 e. The highest BCUT2D eigenvalue weighted by molar-refractivity contribution is 5.66. The lowest BCUT2D eigenvalue weighted by Crippen LogP contribution is -1.65. The Bertz CT molecular complexity index is 257. The molecule has 0 aliphatic rings. The van der Waals surface area contributed by atoms with Crippen LogP contribution < -0.4 is 0 Å². The maximum absolute atomic E-state index is 9.84. The van der Waals surface area contributed by atoms with Gasteiger partial charge in [-0.25, -0.2) is 0 Å². The zero-order chi connectivity index (χ0) is 7.94. The number of hydrogen-bond acceptors (Lipinski definition) is 1. The van der Waals surface area contributed by atoms with Gasteiger partial charge in [0.25, 0.3) is 0 Å². The van der Waals surface area contributed by atoms with Crippen molar-refractivity contribution in [3.63, 3.8) is 0 Å². The molecule has 0 atom stereocenters. The van der Waals surface area contributed by atoms with Crippen LogP contribution in [0.2, 0.25) is 0 Å². The Hall–Kier alpha value is -1.57. The topological polar surface area (TPSA) is 32.9 Å². The molecule has 2 nitrogen and oxygen atoms in total. The fraction of sp³-hybridized carbons (Fsp3) is 0. The molecule has 1 heterocycles. The molecule has 56 valence electrons. The first-order valence-corrected chi connectivity index (χ1v) is 3.35. The molecular weight excluding hydrogens is 138 g/mol. The van der Waals surface area contributed by atoms with Gasteiger partial charge >= 0.3 is 0 Å². The number of allylic oxidation sites excluding steroid dienone is 3. The molecule has 0 unspecified atom stereocenters. The van der Waals surface area contributed by atoms with Gasteiger partial charge in [0.2, 0.25) is 0 Å². The Balaban J connectivity index is 2.49. The summed E-state index contributed by atoms with van der Waals surface area (Å²) in [6.07, 6.45) is 9.43. The number of aromatic amines is 1. The van der Waals surface area contributed by atoms with E-state index in [1.54, 1.807) is 12.2 Å². The van der Waals surface area contributed by atoms with Gasteiger partial charge in [-0.15, -0.1) is 0 Å². The van der Waals surface area contributed by atoms with E-state index in [1.165, 1.54) is 6.08 Å². The summed E-state index contributed by atoms with van der Waals surface area (Å²) in [5, 5.41) is 0. The van der Waals surface area contributed by atoms with E-state index in [-0.39, 0.29) is 0 Å². The van der Waals surface area contributed by atoms with Gasteiger partial charge in [-0.3, -0.25) is 4.79 Å². The Morgan fingerprint density at radius 2 is 2.18 bits per heavy atom. The summed E-state index contributed by atoms with van der Waals surface area (Å²) in [4.78, 5) is 12.8. The van der Waals surface area contributed by atoms with Crippen LogP contribution in [0.25, 0.3) is 6.08 Å². The van der Waals surface area contributed by atoms with E-state index in [4.69, 9.17) is 0 Å². The van der Waals surface area contributed by atoms with Gasteiger partial charge in [-0.2, -0.15) is 0 Å². The molecule has 1 aromatic heterocycles. The fourth-order valence-electron chi connectivity index (χ4n) is 0.717. The predicted octanol–water partition coefficient (Wildman–Crippen LogP) is 1.78. The smallest absolute Gasteiger partial charge is 0.142 e. The molecule has 0 saturated heterocycles. The van der Waals surface area contributed by atoms with Crippen LogP contribution in [0.3, 0.4) is 0 Å². The third-order valence-electron chi connectivity index (χ3n) is 1.20. The minimum atomic E-state index is 0.749. The van der Waals surface area contributed by atoms with E-state index in [9.17, 15) is 4.79 Å². The van der Waals surface area contributed by atoms with Crippen LogP contribution in [-0.4, -0.2) is 11.3 Å². The normalized spacial score (nSPS) is 11.3. The third-order valence-corrected chi connectivity index (χ3v) is 1.20. The molecule has 0 saturated carbocycles. The number of aromatic nitrogens is 1. The fourth-order valence-corrected chi connectivity index (χ4v) is 0.717. The number of rotatable bonds is 3. The van der Waals surface area contributed by atoms with Crippen molar-refractivity contribution in [2.24, 2.45) is 0 Å². The van der Waals surface area contributed by atoms with E-state index in [2.05, 4.69) is 4.98 Å². The Kier molecular flexibility index (Phi) is 2.93. The van der Waals surface area contributed by atoms with Gasteiger partial charge in [0, 0.05) is 11.9 Å². The molecule has 1 rings (SSSR count). The molecule has 0 aliphatic heterocycles. The lowest BCUT2D eigenvalue weighted by molar-refractivity contribution is -0.104. The monoisotopic (exact) mass is 147 g/mol. The summed E-state index contributed by atoms with van der Waals surface area (Å²) in [6, 6.07) is 3.87. The average Bonchev–Trinajstić information content (AvgIpc) is 2.50. The number of aldehydes is 1. The van der Waals surface area contributed by atoms with Crippen molar-refractivity contribution >= 4 is 12.4 Å². The predicted molar refractivity (Wildman–Crippen MR) is 45.0 cm³/mol. The van der Waals surface area contributed by atoms with Crippen molar-refractivity contribution in [1.29, 1.82) is 0 Å². The van der Waals surface area contributed by atoms with E-state index in [0.29, 0.717) is 0 Å². The van der Waals surface area contributed by atoms with E-state index in [1.807, 2.05) is 24.4 Å². The van der Waals surface area contributed by atoms with Gasteiger partial charge in [-0.05, 0) is 24.3 Å². The zero-order valence-corrected chi connectivity index (χ0v) is 6.03. The quantitative estimate of drug-likeness (QED) is 0.394.